The van der Waals surface area contributed by atoms with Crippen LogP contribution in [0.5, 0.6) is 0 Å². The summed E-state index contributed by atoms with van der Waals surface area (Å²) < 4.78 is 5.25. The highest BCUT2D eigenvalue weighted by atomic mass is 16.5. The molecule has 17 heavy (non-hydrogen) atoms. The van der Waals surface area contributed by atoms with Gasteiger partial charge in [-0.25, -0.2) is 0 Å². The molecule has 2 heterocycles. The average Bonchev–Trinajstić information content (AvgIpc) is 2.80. The lowest BCUT2D eigenvalue weighted by molar-refractivity contribution is 0.279. The summed E-state index contributed by atoms with van der Waals surface area (Å²) in [6.45, 7) is 3.99. The summed E-state index contributed by atoms with van der Waals surface area (Å²) in [5.74, 6) is 1.29. The minimum Gasteiger partial charge on any atom is -0.337 e. The van der Waals surface area contributed by atoms with Crippen molar-refractivity contribution in [3.63, 3.8) is 0 Å². The number of rotatable bonds is 4. The highest BCUT2D eigenvalue weighted by Crippen LogP contribution is 2.17. The van der Waals surface area contributed by atoms with Crippen molar-refractivity contribution in [3.8, 4) is 0 Å². The maximum Gasteiger partial charge on any atom is 0.246 e. The van der Waals surface area contributed by atoms with Gasteiger partial charge >= 0.3 is 0 Å². The van der Waals surface area contributed by atoms with Crippen LogP contribution >= 0.6 is 0 Å². The van der Waals surface area contributed by atoms with Crippen LogP contribution in [-0.4, -0.2) is 22.2 Å². The maximum atomic E-state index is 5.25. The highest BCUT2D eigenvalue weighted by Gasteiger charge is 2.25. The van der Waals surface area contributed by atoms with Crippen LogP contribution in [0, 0.1) is 0 Å². The summed E-state index contributed by atoms with van der Waals surface area (Å²) in [7, 11) is 1.87. The Morgan fingerprint density at radius 2 is 2.00 bits per heavy atom. The van der Waals surface area contributed by atoms with Crippen LogP contribution in [0.1, 0.15) is 31.1 Å². The van der Waals surface area contributed by atoms with E-state index in [0.717, 1.165) is 5.56 Å². The van der Waals surface area contributed by atoms with Crippen LogP contribution in [0.15, 0.2) is 29.0 Å². The van der Waals surface area contributed by atoms with Crippen molar-refractivity contribution in [2.75, 3.05) is 7.05 Å². The van der Waals surface area contributed by atoms with Gasteiger partial charge in [0.05, 0.1) is 5.54 Å². The molecule has 0 saturated carbocycles. The van der Waals surface area contributed by atoms with E-state index in [-0.39, 0.29) is 5.54 Å². The van der Waals surface area contributed by atoms with Crippen molar-refractivity contribution >= 4 is 0 Å². The summed E-state index contributed by atoms with van der Waals surface area (Å²) in [5.41, 5.74) is 0.818. The van der Waals surface area contributed by atoms with Gasteiger partial charge in [-0.2, -0.15) is 4.98 Å². The number of hydrogen-bond acceptors (Lipinski definition) is 5. The molecule has 2 aromatic heterocycles. The van der Waals surface area contributed by atoms with E-state index in [9.17, 15) is 0 Å². The highest BCUT2D eigenvalue weighted by molar-refractivity contribution is 5.15. The Labute approximate surface area is 100 Å². The van der Waals surface area contributed by atoms with Crippen LogP contribution in [0.3, 0.4) is 0 Å². The van der Waals surface area contributed by atoms with Crippen LogP contribution in [0.4, 0.5) is 0 Å². The van der Waals surface area contributed by atoms with E-state index in [1.807, 2.05) is 33.0 Å². The van der Waals surface area contributed by atoms with E-state index in [2.05, 4.69) is 20.4 Å². The molecule has 2 aromatic rings. The third-order valence-corrected chi connectivity index (χ3v) is 2.74. The van der Waals surface area contributed by atoms with Gasteiger partial charge in [-0.1, -0.05) is 5.16 Å². The molecule has 90 valence electrons. The van der Waals surface area contributed by atoms with Crippen molar-refractivity contribution in [2.45, 2.75) is 25.8 Å². The van der Waals surface area contributed by atoms with Crippen molar-refractivity contribution in [1.29, 1.82) is 0 Å². The number of nitrogens with zero attached hydrogens (tertiary/aromatic N) is 3. The molecule has 0 amide bonds. The summed E-state index contributed by atoms with van der Waals surface area (Å²) in [6.07, 6.45) is 4.17. The lowest BCUT2D eigenvalue weighted by Crippen LogP contribution is -2.33. The monoisotopic (exact) mass is 232 g/mol. The molecule has 0 unspecified atom stereocenters. The first-order chi connectivity index (χ1) is 8.12. The predicted octanol–water partition coefficient (Wildman–Crippen LogP) is 1.51. The zero-order chi connectivity index (χ0) is 12.3. The van der Waals surface area contributed by atoms with Gasteiger partial charge in [0, 0.05) is 18.8 Å². The Bertz CT molecular complexity index is 478. The fourth-order valence-electron chi connectivity index (χ4n) is 1.37. The number of aromatic nitrogens is 3. The van der Waals surface area contributed by atoms with Crippen molar-refractivity contribution in [3.05, 3.63) is 41.8 Å². The molecule has 5 nitrogen and oxygen atoms in total. The van der Waals surface area contributed by atoms with E-state index in [0.29, 0.717) is 18.1 Å². The molecule has 0 aliphatic carbocycles. The topological polar surface area (TPSA) is 63.8 Å². The van der Waals surface area contributed by atoms with Gasteiger partial charge in [-0.3, -0.25) is 4.98 Å². The molecule has 0 saturated heterocycles. The van der Waals surface area contributed by atoms with Gasteiger partial charge in [0.25, 0.3) is 0 Å². The first-order valence-corrected chi connectivity index (χ1v) is 5.53. The molecule has 2 rings (SSSR count). The van der Waals surface area contributed by atoms with Crippen LogP contribution in [-0.2, 0) is 12.0 Å². The molecule has 0 aliphatic heterocycles. The molecular formula is C12H16N4O. The first-order valence-electron chi connectivity index (χ1n) is 5.53. The second kappa shape index (κ2) is 4.63. The van der Waals surface area contributed by atoms with Gasteiger partial charge in [-0.05, 0) is 38.6 Å². The van der Waals surface area contributed by atoms with Crippen molar-refractivity contribution in [1.82, 2.24) is 20.4 Å². The smallest absolute Gasteiger partial charge is 0.246 e. The number of hydrogen-bond donors (Lipinski definition) is 1. The summed E-state index contributed by atoms with van der Waals surface area (Å²) in [5, 5.41) is 7.11. The Hall–Kier alpha value is -1.75. The van der Waals surface area contributed by atoms with Crippen LogP contribution in [0.2, 0.25) is 0 Å². The van der Waals surface area contributed by atoms with Gasteiger partial charge in [-0.15, -0.1) is 0 Å². The first kappa shape index (κ1) is 11.7. The normalized spacial score (nSPS) is 11.7. The standard InChI is InChI=1S/C12H16N4O/c1-12(2,13-3)11-15-10(16-17-11)8-9-4-6-14-7-5-9/h4-7,13H,8H2,1-3H3. The summed E-state index contributed by atoms with van der Waals surface area (Å²) >= 11 is 0. The third kappa shape index (κ3) is 2.68. The molecule has 0 radical (unpaired) electrons. The predicted molar refractivity (Wildman–Crippen MR) is 63.4 cm³/mol. The molecule has 0 aliphatic rings. The average molecular weight is 232 g/mol. The number of pyridine rings is 1. The SMILES string of the molecule is CNC(C)(C)c1nc(Cc2ccncc2)no1. The minimum absolute atomic E-state index is 0.302. The zero-order valence-corrected chi connectivity index (χ0v) is 10.3. The summed E-state index contributed by atoms with van der Waals surface area (Å²) in [4.78, 5) is 8.36. The molecule has 0 aromatic carbocycles. The zero-order valence-electron chi connectivity index (χ0n) is 10.3. The number of nitrogens with one attached hydrogen (secondary N) is 1. The fourth-order valence-corrected chi connectivity index (χ4v) is 1.37. The Kier molecular flexibility index (Phi) is 3.19. The van der Waals surface area contributed by atoms with E-state index in [1.54, 1.807) is 12.4 Å². The van der Waals surface area contributed by atoms with E-state index in [4.69, 9.17) is 4.52 Å². The van der Waals surface area contributed by atoms with Crippen molar-refractivity contribution in [2.24, 2.45) is 0 Å². The lowest BCUT2D eigenvalue weighted by atomic mass is 10.1. The molecule has 0 fully saturated rings. The second-order valence-corrected chi connectivity index (χ2v) is 4.42. The van der Waals surface area contributed by atoms with E-state index < -0.39 is 0 Å². The van der Waals surface area contributed by atoms with Crippen LogP contribution in [0.25, 0.3) is 0 Å². The molecule has 0 atom stereocenters. The van der Waals surface area contributed by atoms with Gasteiger partial charge < -0.3 is 9.84 Å². The van der Waals surface area contributed by atoms with Gasteiger partial charge in [0.15, 0.2) is 5.82 Å². The van der Waals surface area contributed by atoms with Gasteiger partial charge in [0.2, 0.25) is 5.89 Å². The molecule has 0 spiro atoms. The van der Waals surface area contributed by atoms with E-state index in [1.165, 1.54) is 0 Å². The Balaban J connectivity index is 2.14. The molecular weight excluding hydrogens is 216 g/mol. The van der Waals surface area contributed by atoms with Crippen LogP contribution < -0.4 is 5.32 Å². The quantitative estimate of drug-likeness (QED) is 0.865. The Morgan fingerprint density at radius 3 is 2.65 bits per heavy atom. The lowest BCUT2D eigenvalue weighted by Gasteiger charge is -2.17. The minimum atomic E-state index is -0.302. The molecule has 5 heteroatoms. The molecule has 1 N–H and O–H groups in total. The van der Waals surface area contributed by atoms with E-state index >= 15 is 0 Å². The van der Waals surface area contributed by atoms with Gasteiger partial charge in [0.1, 0.15) is 0 Å². The van der Waals surface area contributed by atoms with Crippen molar-refractivity contribution < 1.29 is 4.52 Å². The third-order valence-electron chi connectivity index (χ3n) is 2.74. The maximum absolute atomic E-state index is 5.25. The molecule has 0 bridgehead atoms. The summed E-state index contributed by atoms with van der Waals surface area (Å²) in [6, 6.07) is 3.89. The Morgan fingerprint density at radius 1 is 1.29 bits per heavy atom. The second-order valence-electron chi connectivity index (χ2n) is 4.42. The largest absolute Gasteiger partial charge is 0.337 e. The fraction of sp³-hybridized carbons (Fsp3) is 0.417.